The van der Waals surface area contributed by atoms with Crippen molar-refractivity contribution in [2.24, 2.45) is 5.41 Å². The van der Waals surface area contributed by atoms with E-state index in [2.05, 4.69) is 29.6 Å². The molecule has 1 fully saturated rings. The predicted octanol–water partition coefficient (Wildman–Crippen LogP) is 2.72. The van der Waals surface area contributed by atoms with Crippen LogP contribution >= 0.6 is 0 Å². The summed E-state index contributed by atoms with van der Waals surface area (Å²) in [5.74, 6) is 0. The molecule has 1 saturated carbocycles. The summed E-state index contributed by atoms with van der Waals surface area (Å²) in [4.78, 5) is 0. The first-order chi connectivity index (χ1) is 8.35. The van der Waals surface area contributed by atoms with Crippen LogP contribution in [-0.2, 0) is 6.54 Å². The highest BCUT2D eigenvalue weighted by Gasteiger charge is 2.30. The second-order valence-corrected chi connectivity index (χ2v) is 5.31. The summed E-state index contributed by atoms with van der Waals surface area (Å²) < 4.78 is 0. The Labute approximate surface area is 104 Å². The van der Waals surface area contributed by atoms with Crippen LogP contribution in [0.15, 0.2) is 30.3 Å². The van der Waals surface area contributed by atoms with Crippen molar-refractivity contribution in [1.82, 2.24) is 5.32 Å². The first-order valence-corrected chi connectivity index (χ1v) is 6.70. The van der Waals surface area contributed by atoms with Gasteiger partial charge < -0.3 is 10.4 Å². The Balaban J connectivity index is 1.80. The monoisotopic (exact) mass is 233 g/mol. The quantitative estimate of drug-likeness (QED) is 0.819. The zero-order chi connectivity index (χ0) is 12.0. The second-order valence-electron chi connectivity index (χ2n) is 5.31. The number of rotatable bonds is 5. The van der Waals surface area contributed by atoms with Crippen LogP contribution in [0.25, 0.3) is 0 Å². The fraction of sp³-hybridized carbons (Fsp3) is 0.600. The van der Waals surface area contributed by atoms with Gasteiger partial charge in [-0.2, -0.15) is 0 Å². The molecule has 0 spiro atoms. The smallest absolute Gasteiger partial charge is 0.0499 e. The van der Waals surface area contributed by atoms with Gasteiger partial charge >= 0.3 is 0 Å². The van der Waals surface area contributed by atoms with Crippen LogP contribution in [0.5, 0.6) is 0 Å². The third-order valence-corrected chi connectivity index (χ3v) is 3.92. The van der Waals surface area contributed by atoms with Gasteiger partial charge in [-0.05, 0) is 18.4 Å². The minimum atomic E-state index is 0.146. The summed E-state index contributed by atoms with van der Waals surface area (Å²) >= 11 is 0. The van der Waals surface area contributed by atoms with Gasteiger partial charge in [0.2, 0.25) is 0 Å². The molecule has 2 heteroatoms. The molecule has 0 amide bonds. The van der Waals surface area contributed by atoms with Gasteiger partial charge in [0, 0.05) is 25.1 Å². The number of aliphatic hydroxyl groups excluding tert-OH is 1. The molecule has 2 nitrogen and oxygen atoms in total. The largest absolute Gasteiger partial charge is 0.396 e. The van der Waals surface area contributed by atoms with E-state index in [-0.39, 0.29) is 5.41 Å². The standard InChI is InChI=1S/C15H23NO/c17-13-15(9-5-2-6-10-15)12-16-11-14-7-3-1-4-8-14/h1,3-4,7-8,16-17H,2,5-6,9-13H2. The Kier molecular flexibility index (Phi) is 4.57. The summed E-state index contributed by atoms with van der Waals surface area (Å²) in [5, 5.41) is 13.1. The van der Waals surface area contributed by atoms with Crippen molar-refractivity contribution < 1.29 is 5.11 Å². The van der Waals surface area contributed by atoms with Crippen molar-refractivity contribution >= 4 is 0 Å². The topological polar surface area (TPSA) is 32.3 Å². The molecule has 1 aromatic carbocycles. The van der Waals surface area contributed by atoms with Gasteiger partial charge in [-0.15, -0.1) is 0 Å². The highest BCUT2D eigenvalue weighted by atomic mass is 16.3. The van der Waals surface area contributed by atoms with Crippen LogP contribution < -0.4 is 5.32 Å². The van der Waals surface area contributed by atoms with Crippen molar-refractivity contribution in [2.75, 3.05) is 13.2 Å². The van der Waals surface area contributed by atoms with Crippen molar-refractivity contribution in [3.05, 3.63) is 35.9 Å². The molecule has 0 bridgehead atoms. The van der Waals surface area contributed by atoms with Crippen LogP contribution in [-0.4, -0.2) is 18.3 Å². The van der Waals surface area contributed by atoms with Crippen molar-refractivity contribution in [3.63, 3.8) is 0 Å². The molecule has 0 aromatic heterocycles. The summed E-state index contributed by atoms with van der Waals surface area (Å²) in [7, 11) is 0. The predicted molar refractivity (Wildman–Crippen MR) is 70.8 cm³/mol. The molecule has 2 N–H and O–H groups in total. The lowest BCUT2D eigenvalue weighted by atomic mass is 9.74. The van der Waals surface area contributed by atoms with E-state index < -0.39 is 0 Å². The Bertz CT molecular complexity index is 317. The molecular weight excluding hydrogens is 210 g/mol. The molecule has 0 atom stereocenters. The van der Waals surface area contributed by atoms with E-state index in [1.54, 1.807) is 0 Å². The minimum absolute atomic E-state index is 0.146. The van der Waals surface area contributed by atoms with Crippen LogP contribution in [0.3, 0.4) is 0 Å². The van der Waals surface area contributed by atoms with E-state index in [0.29, 0.717) is 6.61 Å². The van der Waals surface area contributed by atoms with Crippen LogP contribution in [0, 0.1) is 5.41 Å². The minimum Gasteiger partial charge on any atom is -0.396 e. The summed E-state index contributed by atoms with van der Waals surface area (Å²) in [5.41, 5.74) is 1.46. The Morgan fingerprint density at radius 1 is 1.06 bits per heavy atom. The molecule has 0 heterocycles. The van der Waals surface area contributed by atoms with Crippen molar-refractivity contribution in [2.45, 2.75) is 38.6 Å². The molecule has 0 unspecified atom stereocenters. The SMILES string of the molecule is OCC1(CNCc2ccccc2)CCCCC1. The average Bonchev–Trinajstić information content (AvgIpc) is 2.41. The summed E-state index contributed by atoms with van der Waals surface area (Å²) in [6, 6.07) is 10.5. The lowest BCUT2D eigenvalue weighted by Crippen LogP contribution is -2.38. The van der Waals surface area contributed by atoms with E-state index in [4.69, 9.17) is 0 Å². The third kappa shape index (κ3) is 3.55. The molecule has 17 heavy (non-hydrogen) atoms. The zero-order valence-corrected chi connectivity index (χ0v) is 10.5. The number of benzene rings is 1. The summed E-state index contributed by atoms with van der Waals surface area (Å²) in [6.45, 7) is 2.18. The van der Waals surface area contributed by atoms with Crippen molar-refractivity contribution in [3.8, 4) is 0 Å². The maximum Gasteiger partial charge on any atom is 0.0499 e. The molecule has 1 aliphatic carbocycles. The lowest BCUT2D eigenvalue weighted by molar-refractivity contribution is 0.0810. The zero-order valence-electron chi connectivity index (χ0n) is 10.5. The fourth-order valence-electron chi connectivity index (χ4n) is 2.76. The third-order valence-electron chi connectivity index (χ3n) is 3.92. The van der Waals surface area contributed by atoms with Crippen LogP contribution in [0.4, 0.5) is 0 Å². The summed E-state index contributed by atoms with van der Waals surface area (Å²) in [6.07, 6.45) is 6.22. The van der Waals surface area contributed by atoms with Crippen LogP contribution in [0.1, 0.15) is 37.7 Å². The molecule has 1 aromatic rings. The molecule has 0 aliphatic heterocycles. The van der Waals surface area contributed by atoms with Gasteiger partial charge in [0.05, 0.1) is 0 Å². The fourth-order valence-corrected chi connectivity index (χ4v) is 2.76. The molecule has 2 rings (SSSR count). The molecule has 0 radical (unpaired) electrons. The first-order valence-electron chi connectivity index (χ1n) is 6.70. The van der Waals surface area contributed by atoms with E-state index in [9.17, 15) is 5.11 Å². The average molecular weight is 233 g/mol. The van der Waals surface area contributed by atoms with E-state index in [1.165, 1.54) is 37.7 Å². The number of nitrogens with one attached hydrogen (secondary N) is 1. The second kappa shape index (κ2) is 6.18. The van der Waals surface area contributed by atoms with Gasteiger partial charge in [0.15, 0.2) is 0 Å². The molecule has 0 saturated heterocycles. The Morgan fingerprint density at radius 3 is 2.41 bits per heavy atom. The van der Waals surface area contributed by atoms with Crippen LogP contribution in [0.2, 0.25) is 0 Å². The van der Waals surface area contributed by atoms with Gasteiger partial charge in [0.25, 0.3) is 0 Å². The van der Waals surface area contributed by atoms with E-state index in [0.717, 1.165) is 13.1 Å². The number of hydrogen-bond acceptors (Lipinski definition) is 2. The maximum absolute atomic E-state index is 9.60. The van der Waals surface area contributed by atoms with Gasteiger partial charge in [-0.25, -0.2) is 0 Å². The van der Waals surface area contributed by atoms with Gasteiger partial charge in [-0.3, -0.25) is 0 Å². The molecular formula is C15H23NO. The van der Waals surface area contributed by atoms with Crippen molar-refractivity contribution in [1.29, 1.82) is 0 Å². The van der Waals surface area contributed by atoms with E-state index >= 15 is 0 Å². The highest BCUT2D eigenvalue weighted by molar-refractivity contribution is 5.14. The van der Waals surface area contributed by atoms with E-state index in [1.807, 2.05) is 6.07 Å². The van der Waals surface area contributed by atoms with Gasteiger partial charge in [-0.1, -0.05) is 49.6 Å². The molecule has 94 valence electrons. The number of aliphatic hydroxyl groups is 1. The first kappa shape index (κ1) is 12.6. The highest BCUT2D eigenvalue weighted by Crippen LogP contribution is 2.35. The molecule has 1 aliphatic rings. The number of hydrogen-bond donors (Lipinski definition) is 2. The van der Waals surface area contributed by atoms with Gasteiger partial charge in [0.1, 0.15) is 0 Å². The Hall–Kier alpha value is -0.860. The maximum atomic E-state index is 9.60. The Morgan fingerprint density at radius 2 is 1.76 bits per heavy atom. The lowest BCUT2D eigenvalue weighted by Gasteiger charge is -2.35. The normalized spacial score (nSPS) is 19.1.